The predicted molar refractivity (Wildman–Crippen MR) is 71.2 cm³/mol. The number of likely N-dealkylation sites (tertiary alicyclic amines) is 1. The molecule has 1 aliphatic carbocycles. The average molecular weight is 254 g/mol. The molecule has 0 aromatic carbocycles. The van der Waals surface area contributed by atoms with Crippen LogP contribution in [0.2, 0.25) is 0 Å². The van der Waals surface area contributed by atoms with E-state index in [1.807, 2.05) is 0 Å². The monoisotopic (exact) mass is 254 g/mol. The lowest BCUT2D eigenvalue weighted by atomic mass is 9.86. The number of carbonyl (C=O) groups is 1. The van der Waals surface area contributed by atoms with Gasteiger partial charge < -0.3 is 15.3 Å². The van der Waals surface area contributed by atoms with E-state index in [0.29, 0.717) is 5.92 Å². The molecule has 0 aromatic heterocycles. The van der Waals surface area contributed by atoms with E-state index in [2.05, 4.69) is 17.3 Å². The lowest BCUT2D eigenvalue weighted by Gasteiger charge is -2.30. The van der Waals surface area contributed by atoms with E-state index >= 15 is 0 Å². The third-order valence-corrected chi connectivity index (χ3v) is 4.35. The predicted octanol–water partition coefficient (Wildman–Crippen LogP) is 0.995. The van der Waals surface area contributed by atoms with Gasteiger partial charge in [-0.25, -0.2) is 0 Å². The lowest BCUT2D eigenvalue weighted by molar-refractivity contribution is -0.126. The first kappa shape index (κ1) is 13.8. The van der Waals surface area contributed by atoms with Crippen molar-refractivity contribution in [3.63, 3.8) is 0 Å². The van der Waals surface area contributed by atoms with Crippen LogP contribution in [0.1, 0.15) is 38.5 Å². The molecule has 0 radical (unpaired) electrons. The number of amides is 1. The van der Waals surface area contributed by atoms with Crippen LogP contribution in [-0.4, -0.2) is 48.7 Å². The molecular weight excluding hydrogens is 228 g/mol. The number of aliphatic hydroxyl groups is 1. The fraction of sp³-hybridized carbons (Fsp3) is 0.929. The van der Waals surface area contributed by atoms with Crippen LogP contribution >= 0.6 is 0 Å². The van der Waals surface area contributed by atoms with E-state index in [9.17, 15) is 9.90 Å². The maximum atomic E-state index is 12.0. The number of nitrogens with zero attached hydrogens (tertiary/aromatic N) is 1. The third kappa shape index (κ3) is 3.95. The molecule has 1 amide bonds. The molecule has 2 rings (SSSR count). The highest BCUT2D eigenvalue weighted by Crippen LogP contribution is 2.24. The number of rotatable bonds is 3. The molecule has 1 saturated heterocycles. The molecule has 0 aromatic rings. The Bertz CT molecular complexity index is 275. The topological polar surface area (TPSA) is 52.6 Å². The Morgan fingerprint density at radius 2 is 2.00 bits per heavy atom. The molecule has 4 heteroatoms. The second-order valence-electron chi connectivity index (χ2n) is 6.02. The van der Waals surface area contributed by atoms with Gasteiger partial charge in [0.2, 0.25) is 5.91 Å². The molecule has 2 fully saturated rings. The van der Waals surface area contributed by atoms with Gasteiger partial charge >= 0.3 is 0 Å². The first-order valence-electron chi connectivity index (χ1n) is 7.29. The highest BCUT2D eigenvalue weighted by molar-refractivity contribution is 5.78. The Kier molecular flexibility index (Phi) is 5.01. The van der Waals surface area contributed by atoms with Crippen LogP contribution in [0.4, 0.5) is 0 Å². The minimum absolute atomic E-state index is 0.134. The van der Waals surface area contributed by atoms with Crippen molar-refractivity contribution in [2.45, 2.75) is 44.6 Å². The van der Waals surface area contributed by atoms with Crippen molar-refractivity contribution >= 4 is 5.91 Å². The summed E-state index contributed by atoms with van der Waals surface area (Å²) in [5.41, 5.74) is 0. The van der Waals surface area contributed by atoms with Gasteiger partial charge in [0, 0.05) is 19.0 Å². The van der Waals surface area contributed by atoms with Crippen LogP contribution in [0.5, 0.6) is 0 Å². The molecule has 1 atom stereocenters. The number of nitrogens with one attached hydrogen (secondary N) is 1. The summed E-state index contributed by atoms with van der Waals surface area (Å²) in [7, 11) is 2.15. The summed E-state index contributed by atoms with van der Waals surface area (Å²) >= 11 is 0. The van der Waals surface area contributed by atoms with Crippen LogP contribution < -0.4 is 5.32 Å². The Labute approximate surface area is 110 Å². The number of carbonyl (C=O) groups excluding carboxylic acids is 1. The second kappa shape index (κ2) is 6.53. The maximum Gasteiger partial charge on any atom is 0.223 e. The molecule has 0 spiro atoms. The molecule has 1 saturated carbocycles. The van der Waals surface area contributed by atoms with E-state index in [-0.39, 0.29) is 17.9 Å². The molecule has 104 valence electrons. The van der Waals surface area contributed by atoms with Gasteiger partial charge in [0.25, 0.3) is 0 Å². The van der Waals surface area contributed by atoms with E-state index in [4.69, 9.17) is 0 Å². The van der Waals surface area contributed by atoms with Gasteiger partial charge in [-0.2, -0.15) is 0 Å². The molecule has 1 aliphatic heterocycles. The summed E-state index contributed by atoms with van der Waals surface area (Å²) in [4.78, 5) is 14.4. The van der Waals surface area contributed by atoms with Gasteiger partial charge in [-0.1, -0.05) is 0 Å². The third-order valence-electron chi connectivity index (χ3n) is 4.35. The number of piperidine rings is 1. The summed E-state index contributed by atoms with van der Waals surface area (Å²) < 4.78 is 0. The second-order valence-corrected chi connectivity index (χ2v) is 6.02. The van der Waals surface area contributed by atoms with Crippen LogP contribution in [0.3, 0.4) is 0 Å². The number of hydrogen-bond donors (Lipinski definition) is 2. The molecule has 1 heterocycles. The number of aliphatic hydroxyl groups excluding tert-OH is 1. The van der Waals surface area contributed by atoms with Crippen molar-refractivity contribution in [3.8, 4) is 0 Å². The Morgan fingerprint density at radius 1 is 1.28 bits per heavy atom. The summed E-state index contributed by atoms with van der Waals surface area (Å²) in [5, 5.41) is 12.5. The zero-order chi connectivity index (χ0) is 13.0. The highest BCUT2D eigenvalue weighted by atomic mass is 16.3. The zero-order valence-electron chi connectivity index (χ0n) is 11.4. The first-order valence-corrected chi connectivity index (χ1v) is 7.29. The fourth-order valence-electron chi connectivity index (χ4n) is 3.17. The van der Waals surface area contributed by atoms with E-state index in [1.165, 1.54) is 19.4 Å². The van der Waals surface area contributed by atoms with E-state index in [0.717, 1.165) is 38.8 Å². The van der Waals surface area contributed by atoms with Crippen LogP contribution in [0.25, 0.3) is 0 Å². The van der Waals surface area contributed by atoms with Gasteiger partial charge in [-0.05, 0) is 58.0 Å². The summed E-state index contributed by atoms with van der Waals surface area (Å²) in [6.07, 6.45) is 5.55. The summed E-state index contributed by atoms with van der Waals surface area (Å²) in [5.74, 6) is 0.951. The van der Waals surface area contributed by atoms with E-state index < -0.39 is 0 Å². The van der Waals surface area contributed by atoms with Gasteiger partial charge in [0.05, 0.1) is 6.10 Å². The molecule has 1 unspecified atom stereocenters. The van der Waals surface area contributed by atoms with Crippen molar-refractivity contribution in [1.82, 2.24) is 10.2 Å². The highest BCUT2D eigenvalue weighted by Gasteiger charge is 2.26. The lowest BCUT2D eigenvalue weighted by Crippen LogP contribution is -2.41. The molecular formula is C14H26N2O2. The van der Waals surface area contributed by atoms with Crippen molar-refractivity contribution in [2.24, 2.45) is 11.8 Å². The number of hydrogen-bond acceptors (Lipinski definition) is 3. The van der Waals surface area contributed by atoms with Crippen molar-refractivity contribution in [2.75, 3.05) is 26.7 Å². The Hall–Kier alpha value is -0.610. The molecule has 0 bridgehead atoms. The van der Waals surface area contributed by atoms with Crippen molar-refractivity contribution in [3.05, 3.63) is 0 Å². The SMILES string of the molecule is CN1CCCC(CNC(=O)C2CCC(O)CC2)C1. The van der Waals surface area contributed by atoms with Crippen molar-refractivity contribution in [1.29, 1.82) is 0 Å². The minimum atomic E-state index is -0.180. The quantitative estimate of drug-likeness (QED) is 0.790. The van der Waals surface area contributed by atoms with Gasteiger partial charge in [-0.3, -0.25) is 4.79 Å². The average Bonchev–Trinajstić information content (AvgIpc) is 2.37. The Morgan fingerprint density at radius 3 is 2.67 bits per heavy atom. The van der Waals surface area contributed by atoms with Gasteiger partial charge in [0.1, 0.15) is 0 Å². The smallest absolute Gasteiger partial charge is 0.223 e. The minimum Gasteiger partial charge on any atom is -0.393 e. The van der Waals surface area contributed by atoms with Crippen molar-refractivity contribution < 1.29 is 9.90 Å². The summed E-state index contributed by atoms with van der Waals surface area (Å²) in [6.45, 7) is 3.11. The van der Waals surface area contributed by atoms with Crippen LogP contribution in [0.15, 0.2) is 0 Å². The largest absolute Gasteiger partial charge is 0.393 e. The standard InChI is InChI=1S/C14H26N2O2/c1-16-8-2-3-11(10-16)9-15-14(18)12-4-6-13(17)7-5-12/h11-13,17H,2-10H2,1H3,(H,15,18). The van der Waals surface area contributed by atoms with Gasteiger partial charge in [0.15, 0.2) is 0 Å². The maximum absolute atomic E-state index is 12.0. The first-order chi connectivity index (χ1) is 8.65. The van der Waals surface area contributed by atoms with Crippen LogP contribution in [0, 0.1) is 11.8 Å². The van der Waals surface area contributed by atoms with E-state index in [1.54, 1.807) is 0 Å². The molecule has 2 aliphatic rings. The molecule has 2 N–H and O–H groups in total. The molecule has 18 heavy (non-hydrogen) atoms. The fourth-order valence-corrected chi connectivity index (χ4v) is 3.17. The molecule has 4 nitrogen and oxygen atoms in total. The normalized spacial score (nSPS) is 34.2. The Balaban J connectivity index is 1.68. The zero-order valence-corrected chi connectivity index (χ0v) is 11.4. The van der Waals surface area contributed by atoms with Crippen LogP contribution in [-0.2, 0) is 4.79 Å². The summed E-state index contributed by atoms with van der Waals surface area (Å²) in [6, 6.07) is 0. The van der Waals surface area contributed by atoms with Gasteiger partial charge in [-0.15, -0.1) is 0 Å².